The van der Waals surface area contributed by atoms with Crippen molar-refractivity contribution in [2.45, 2.75) is 46.1 Å². The van der Waals surface area contributed by atoms with Gasteiger partial charge in [-0.25, -0.2) is 4.98 Å². The van der Waals surface area contributed by atoms with Gasteiger partial charge in [0.25, 0.3) is 0 Å². The van der Waals surface area contributed by atoms with Gasteiger partial charge in [-0.15, -0.1) is 11.3 Å². The third kappa shape index (κ3) is 3.21. The zero-order valence-electron chi connectivity index (χ0n) is 13.4. The van der Waals surface area contributed by atoms with E-state index in [1.165, 1.54) is 5.69 Å². The minimum atomic E-state index is 0.177. The van der Waals surface area contributed by atoms with Crippen LogP contribution in [0.1, 0.15) is 41.0 Å². The molecular formula is C16H22N4OS. The summed E-state index contributed by atoms with van der Waals surface area (Å²) >= 11 is 1.60. The molecule has 3 heterocycles. The summed E-state index contributed by atoms with van der Waals surface area (Å²) in [6, 6.07) is 2.39. The highest BCUT2D eigenvalue weighted by Gasteiger charge is 2.26. The first kappa shape index (κ1) is 15.2. The van der Waals surface area contributed by atoms with Crippen LogP contribution in [0.15, 0.2) is 11.4 Å². The Morgan fingerprint density at radius 1 is 1.41 bits per heavy atom. The molecule has 5 nitrogen and oxygen atoms in total. The van der Waals surface area contributed by atoms with Crippen LogP contribution >= 0.6 is 11.3 Å². The largest absolute Gasteiger partial charge is 0.340 e. The van der Waals surface area contributed by atoms with E-state index < -0.39 is 0 Å². The zero-order chi connectivity index (χ0) is 15.7. The fourth-order valence-electron chi connectivity index (χ4n) is 3.15. The fourth-order valence-corrected chi connectivity index (χ4v) is 3.77. The van der Waals surface area contributed by atoms with Gasteiger partial charge in [0.15, 0.2) is 0 Å². The first-order valence-corrected chi connectivity index (χ1v) is 8.62. The lowest BCUT2D eigenvalue weighted by Gasteiger charge is -2.33. The third-order valence-corrected chi connectivity index (χ3v) is 4.96. The van der Waals surface area contributed by atoms with E-state index in [0.29, 0.717) is 12.5 Å². The van der Waals surface area contributed by atoms with Crippen LogP contribution in [0.5, 0.6) is 0 Å². The van der Waals surface area contributed by atoms with Gasteiger partial charge in [0.1, 0.15) is 0 Å². The van der Waals surface area contributed by atoms with Gasteiger partial charge in [-0.05, 0) is 39.7 Å². The van der Waals surface area contributed by atoms with E-state index in [9.17, 15) is 4.79 Å². The lowest BCUT2D eigenvalue weighted by Crippen LogP contribution is -2.41. The number of hydrogen-bond acceptors (Lipinski definition) is 4. The van der Waals surface area contributed by atoms with Crippen molar-refractivity contribution in [3.8, 4) is 0 Å². The molecule has 0 N–H and O–H groups in total. The van der Waals surface area contributed by atoms with E-state index in [-0.39, 0.29) is 5.91 Å². The van der Waals surface area contributed by atoms with Gasteiger partial charge in [0, 0.05) is 24.2 Å². The van der Waals surface area contributed by atoms with Crippen molar-refractivity contribution in [3.63, 3.8) is 0 Å². The maximum absolute atomic E-state index is 12.5. The quantitative estimate of drug-likeness (QED) is 0.874. The average Bonchev–Trinajstić information content (AvgIpc) is 3.04. The van der Waals surface area contributed by atoms with Crippen molar-refractivity contribution in [1.82, 2.24) is 19.7 Å². The molecule has 1 atom stereocenters. The molecule has 0 radical (unpaired) electrons. The fraction of sp³-hybridized carbons (Fsp3) is 0.562. The van der Waals surface area contributed by atoms with Crippen molar-refractivity contribution in [1.29, 1.82) is 0 Å². The SMILES string of the molecule is Cc1cc(C)n([C@H]2CCCN(C(=O)Cc3csc(C)n3)C2)n1. The molecule has 2 aromatic heterocycles. The van der Waals surface area contributed by atoms with Crippen LogP contribution in [-0.2, 0) is 11.2 Å². The summed E-state index contributed by atoms with van der Waals surface area (Å²) in [7, 11) is 0. The molecule has 22 heavy (non-hydrogen) atoms. The lowest BCUT2D eigenvalue weighted by molar-refractivity contribution is -0.132. The van der Waals surface area contributed by atoms with Crippen LogP contribution in [0, 0.1) is 20.8 Å². The first-order chi connectivity index (χ1) is 10.5. The number of carbonyl (C=O) groups is 1. The van der Waals surface area contributed by atoms with E-state index in [4.69, 9.17) is 0 Å². The smallest absolute Gasteiger partial charge is 0.228 e. The second kappa shape index (κ2) is 6.20. The number of hydrogen-bond donors (Lipinski definition) is 0. The van der Waals surface area contributed by atoms with Gasteiger partial charge in [-0.1, -0.05) is 0 Å². The number of thiazole rings is 1. The van der Waals surface area contributed by atoms with Crippen molar-refractivity contribution in [2.75, 3.05) is 13.1 Å². The zero-order valence-corrected chi connectivity index (χ0v) is 14.2. The molecule has 0 saturated carbocycles. The van der Waals surface area contributed by atoms with Gasteiger partial charge in [0.05, 0.1) is 28.9 Å². The molecule has 0 bridgehead atoms. The number of nitrogens with zero attached hydrogens (tertiary/aromatic N) is 4. The minimum absolute atomic E-state index is 0.177. The summed E-state index contributed by atoms with van der Waals surface area (Å²) in [6.45, 7) is 7.67. The minimum Gasteiger partial charge on any atom is -0.340 e. The molecule has 1 fully saturated rings. The Labute approximate surface area is 135 Å². The van der Waals surface area contributed by atoms with Crippen LogP contribution in [-0.4, -0.2) is 38.7 Å². The number of carbonyl (C=O) groups excluding carboxylic acids is 1. The number of aromatic nitrogens is 3. The summed E-state index contributed by atoms with van der Waals surface area (Å²) in [5, 5.41) is 7.58. The Bertz CT molecular complexity index is 675. The maximum atomic E-state index is 12.5. The van der Waals surface area contributed by atoms with Crippen LogP contribution in [0.2, 0.25) is 0 Å². The normalized spacial score (nSPS) is 18.7. The molecule has 1 amide bonds. The van der Waals surface area contributed by atoms with E-state index in [2.05, 4.69) is 27.8 Å². The summed E-state index contributed by atoms with van der Waals surface area (Å²) < 4.78 is 2.09. The second-order valence-electron chi connectivity index (χ2n) is 6.04. The molecule has 118 valence electrons. The molecule has 0 aromatic carbocycles. The second-order valence-corrected chi connectivity index (χ2v) is 7.10. The van der Waals surface area contributed by atoms with Crippen molar-refractivity contribution >= 4 is 17.2 Å². The molecule has 0 unspecified atom stereocenters. The Balaban J connectivity index is 1.67. The number of rotatable bonds is 3. The summed E-state index contributed by atoms with van der Waals surface area (Å²) in [5.41, 5.74) is 3.10. The van der Waals surface area contributed by atoms with Crippen molar-refractivity contribution in [2.24, 2.45) is 0 Å². The average molecular weight is 318 g/mol. The van der Waals surface area contributed by atoms with Crippen LogP contribution < -0.4 is 0 Å². The van der Waals surface area contributed by atoms with E-state index in [1.54, 1.807) is 11.3 Å². The molecular weight excluding hydrogens is 296 g/mol. The first-order valence-electron chi connectivity index (χ1n) is 7.74. The van der Waals surface area contributed by atoms with E-state index in [1.807, 2.05) is 24.1 Å². The standard InChI is InChI=1S/C16H22N4OS/c1-11-7-12(2)20(18-11)15-5-4-6-19(9-15)16(21)8-14-10-22-13(3)17-14/h7,10,15H,4-6,8-9H2,1-3H3/t15-/m0/s1. The molecule has 1 saturated heterocycles. The van der Waals surface area contributed by atoms with E-state index in [0.717, 1.165) is 42.3 Å². The Morgan fingerprint density at radius 2 is 2.23 bits per heavy atom. The van der Waals surface area contributed by atoms with Gasteiger partial charge >= 0.3 is 0 Å². The molecule has 2 aromatic rings. The Kier molecular flexibility index (Phi) is 4.29. The summed E-state index contributed by atoms with van der Waals surface area (Å²) in [4.78, 5) is 18.9. The van der Waals surface area contributed by atoms with Crippen molar-refractivity contribution in [3.05, 3.63) is 33.5 Å². The van der Waals surface area contributed by atoms with Gasteiger partial charge in [-0.2, -0.15) is 5.10 Å². The summed E-state index contributed by atoms with van der Waals surface area (Å²) in [5.74, 6) is 0.177. The monoisotopic (exact) mass is 318 g/mol. The predicted octanol–water partition coefficient (Wildman–Crippen LogP) is 2.67. The molecule has 0 aliphatic carbocycles. The molecule has 0 spiro atoms. The van der Waals surface area contributed by atoms with Crippen LogP contribution in [0.3, 0.4) is 0 Å². The van der Waals surface area contributed by atoms with Crippen LogP contribution in [0.25, 0.3) is 0 Å². The van der Waals surface area contributed by atoms with Crippen molar-refractivity contribution < 1.29 is 4.79 Å². The molecule has 6 heteroatoms. The third-order valence-electron chi connectivity index (χ3n) is 4.14. The van der Waals surface area contributed by atoms with Gasteiger partial charge in [0.2, 0.25) is 5.91 Å². The van der Waals surface area contributed by atoms with Gasteiger partial charge < -0.3 is 4.90 Å². The highest BCUT2D eigenvalue weighted by molar-refractivity contribution is 7.09. The highest BCUT2D eigenvalue weighted by Crippen LogP contribution is 2.23. The Hall–Kier alpha value is -1.69. The molecule has 3 rings (SSSR count). The predicted molar refractivity (Wildman–Crippen MR) is 87.1 cm³/mol. The molecule has 1 aliphatic heterocycles. The number of aryl methyl sites for hydroxylation is 3. The number of piperidine rings is 1. The lowest BCUT2D eigenvalue weighted by atomic mass is 10.0. The topological polar surface area (TPSA) is 51.0 Å². The number of amides is 1. The Morgan fingerprint density at radius 3 is 2.86 bits per heavy atom. The highest BCUT2D eigenvalue weighted by atomic mass is 32.1. The number of likely N-dealkylation sites (tertiary alicyclic amines) is 1. The van der Waals surface area contributed by atoms with Crippen LogP contribution in [0.4, 0.5) is 0 Å². The van der Waals surface area contributed by atoms with Gasteiger partial charge in [-0.3, -0.25) is 9.48 Å². The maximum Gasteiger partial charge on any atom is 0.228 e. The van der Waals surface area contributed by atoms with E-state index >= 15 is 0 Å². The molecule has 1 aliphatic rings. The summed E-state index contributed by atoms with van der Waals surface area (Å²) in [6.07, 6.45) is 2.53.